The molecule has 1 saturated heterocycles. The maximum atomic E-state index is 13.5. The van der Waals surface area contributed by atoms with E-state index in [0.717, 1.165) is 29.7 Å². The van der Waals surface area contributed by atoms with Crippen LogP contribution in [0.25, 0.3) is 11.3 Å². The lowest BCUT2D eigenvalue weighted by molar-refractivity contribution is 0.0705. The SMILES string of the molecule is Cc1noc(C2CCN(C(=O)c3cn(Cc4ccccc4)nc3-c3ccccc3)CC2)n1. The van der Waals surface area contributed by atoms with E-state index in [4.69, 9.17) is 9.62 Å². The third kappa shape index (κ3) is 4.19. The molecule has 0 bridgehead atoms. The lowest BCUT2D eigenvalue weighted by Gasteiger charge is -2.30. The zero-order valence-electron chi connectivity index (χ0n) is 18.0. The second-order valence-corrected chi connectivity index (χ2v) is 8.19. The number of likely N-dealkylation sites (tertiary alicyclic amines) is 1. The molecule has 0 aliphatic carbocycles. The van der Waals surface area contributed by atoms with Crippen LogP contribution in [0.3, 0.4) is 0 Å². The summed E-state index contributed by atoms with van der Waals surface area (Å²) in [6.07, 6.45) is 3.50. The van der Waals surface area contributed by atoms with E-state index in [0.29, 0.717) is 36.9 Å². The van der Waals surface area contributed by atoms with Crippen molar-refractivity contribution in [2.45, 2.75) is 32.2 Å². The summed E-state index contributed by atoms with van der Waals surface area (Å²) in [5, 5.41) is 8.69. The molecule has 0 saturated carbocycles. The van der Waals surface area contributed by atoms with Crippen LogP contribution in [0.1, 0.15) is 46.4 Å². The van der Waals surface area contributed by atoms with E-state index in [1.165, 1.54) is 0 Å². The first-order valence-electron chi connectivity index (χ1n) is 10.9. The van der Waals surface area contributed by atoms with E-state index in [1.807, 2.05) is 71.2 Å². The monoisotopic (exact) mass is 427 g/mol. The molecule has 0 unspecified atom stereocenters. The number of benzene rings is 2. The number of aromatic nitrogens is 4. The van der Waals surface area contributed by atoms with Gasteiger partial charge in [0, 0.05) is 30.8 Å². The van der Waals surface area contributed by atoms with Crippen LogP contribution in [0.5, 0.6) is 0 Å². The minimum absolute atomic E-state index is 0.0170. The average Bonchev–Trinajstić information content (AvgIpc) is 3.46. The highest BCUT2D eigenvalue weighted by Crippen LogP contribution is 2.29. The van der Waals surface area contributed by atoms with Crippen LogP contribution in [-0.4, -0.2) is 43.8 Å². The van der Waals surface area contributed by atoms with E-state index in [9.17, 15) is 4.79 Å². The zero-order chi connectivity index (χ0) is 21.9. The van der Waals surface area contributed by atoms with Crippen molar-refractivity contribution in [2.24, 2.45) is 0 Å². The molecule has 0 atom stereocenters. The third-order valence-electron chi connectivity index (χ3n) is 5.90. The van der Waals surface area contributed by atoms with Gasteiger partial charge in [0.25, 0.3) is 5.91 Å². The molecule has 7 nitrogen and oxygen atoms in total. The standard InChI is InChI=1S/C25H25N5O2/c1-18-26-24(32-28-18)21-12-14-29(15-13-21)25(31)22-17-30(16-19-8-4-2-5-9-19)27-23(22)20-10-6-3-7-11-20/h2-11,17,21H,12-16H2,1H3. The molecule has 0 radical (unpaired) electrons. The van der Waals surface area contributed by atoms with E-state index in [1.54, 1.807) is 0 Å². The van der Waals surface area contributed by atoms with Crippen LogP contribution in [0.4, 0.5) is 0 Å². The lowest BCUT2D eigenvalue weighted by atomic mass is 9.96. The van der Waals surface area contributed by atoms with Crippen molar-refractivity contribution < 1.29 is 9.32 Å². The van der Waals surface area contributed by atoms with E-state index >= 15 is 0 Å². The Balaban J connectivity index is 1.38. The van der Waals surface area contributed by atoms with Crippen molar-refractivity contribution in [3.63, 3.8) is 0 Å². The van der Waals surface area contributed by atoms with Gasteiger partial charge in [-0.2, -0.15) is 10.1 Å². The number of hydrogen-bond acceptors (Lipinski definition) is 5. The van der Waals surface area contributed by atoms with Crippen LogP contribution < -0.4 is 0 Å². The van der Waals surface area contributed by atoms with Gasteiger partial charge in [0.2, 0.25) is 5.89 Å². The smallest absolute Gasteiger partial charge is 0.257 e. The Labute approximate surface area is 186 Å². The first-order valence-corrected chi connectivity index (χ1v) is 10.9. The number of amides is 1. The van der Waals surface area contributed by atoms with E-state index < -0.39 is 0 Å². The highest BCUT2D eigenvalue weighted by molar-refractivity contribution is 5.99. The number of nitrogens with zero attached hydrogens (tertiary/aromatic N) is 5. The van der Waals surface area contributed by atoms with Crippen molar-refractivity contribution in [1.82, 2.24) is 24.8 Å². The zero-order valence-corrected chi connectivity index (χ0v) is 18.0. The van der Waals surface area contributed by atoms with Gasteiger partial charge in [0.05, 0.1) is 12.1 Å². The second kappa shape index (κ2) is 8.78. The van der Waals surface area contributed by atoms with Gasteiger partial charge < -0.3 is 9.42 Å². The van der Waals surface area contributed by atoms with Crippen LogP contribution in [0.15, 0.2) is 71.4 Å². The summed E-state index contributed by atoms with van der Waals surface area (Å²) in [5.41, 5.74) is 3.45. The Morgan fingerprint density at radius 3 is 2.38 bits per heavy atom. The van der Waals surface area contributed by atoms with Gasteiger partial charge >= 0.3 is 0 Å². The van der Waals surface area contributed by atoms with Crippen LogP contribution in [0.2, 0.25) is 0 Å². The van der Waals surface area contributed by atoms with E-state index in [-0.39, 0.29) is 11.8 Å². The molecule has 4 aromatic rings. The average molecular weight is 428 g/mol. The molecule has 0 N–H and O–H groups in total. The summed E-state index contributed by atoms with van der Waals surface area (Å²) >= 11 is 0. The number of hydrogen-bond donors (Lipinski definition) is 0. The molecule has 2 aromatic carbocycles. The predicted octanol–water partition coefficient (Wildman–Crippen LogP) is 4.31. The largest absolute Gasteiger partial charge is 0.339 e. The molecule has 32 heavy (non-hydrogen) atoms. The minimum Gasteiger partial charge on any atom is -0.339 e. The quantitative estimate of drug-likeness (QED) is 0.474. The Kier molecular flexibility index (Phi) is 5.54. The number of rotatable bonds is 5. The highest BCUT2D eigenvalue weighted by atomic mass is 16.5. The van der Waals surface area contributed by atoms with Gasteiger partial charge in [0.1, 0.15) is 5.69 Å². The Morgan fingerprint density at radius 1 is 1.03 bits per heavy atom. The third-order valence-corrected chi connectivity index (χ3v) is 5.90. The summed E-state index contributed by atoms with van der Waals surface area (Å²) in [6, 6.07) is 20.1. The summed E-state index contributed by atoms with van der Waals surface area (Å²) in [6.45, 7) is 3.75. The fourth-order valence-corrected chi connectivity index (χ4v) is 4.22. The topological polar surface area (TPSA) is 77.0 Å². The molecule has 1 fully saturated rings. The molecule has 3 heterocycles. The molecular weight excluding hydrogens is 402 g/mol. The molecule has 7 heteroatoms. The summed E-state index contributed by atoms with van der Waals surface area (Å²) in [7, 11) is 0. The molecule has 0 spiro atoms. The lowest BCUT2D eigenvalue weighted by Crippen LogP contribution is -2.38. The van der Waals surface area contributed by atoms with Crippen LogP contribution in [-0.2, 0) is 6.54 Å². The van der Waals surface area contributed by atoms with Crippen molar-refractivity contribution in [2.75, 3.05) is 13.1 Å². The van der Waals surface area contributed by atoms with Crippen molar-refractivity contribution in [3.8, 4) is 11.3 Å². The number of piperidine rings is 1. The van der Waals surface area contributed by atoms with Gasteiger partial charge in [-0.05, 0) is 25.3 Å². The molecule has 1 amide bonds. The number of aryl methyl sites for hydroxylation is 1. The molecule has 2 aromatic heterocycles. The summed E-state index contributed by atoms with van der Waals surface area (Å²) in [5.74, 6) is 1.55. The molecular formula is C25H25N5O2. The highest BCUT2D eigenvalue weighted by Gasteiger charge is 2.30. The maximum absolute atomic E-state index is 13.5. The Bertz CT molecular complexity index is 1190. The van der Waals surface area contributed by atoms with Gasteiger partial charge in [-0.25, -0.2) is 0 Å². The first-order chi connectivity index (χ1) is 15.7. The van der Waals surface area contributed by atoms with E-state index in [2.05, 4.69) is 22.3 Å². The molecule has 5 rings (SSSR count). The number of carbonyl (C=O) groups is 1. The van der Waals surface area contributed by atoms with Gasteiger partial charge in [-0.3, -0.25) is 9.48 Å². The van der Waals surface area contributed by atoms with Crippen molar-refractivity contribution in [3.05, 3.63) is 89.7 Å². The minimum atomic E-state index is 0.0170. The fourth-order valence-electron chi connectivity index (χ4n) is 4.22. The molecule has 162 valence electrons. The van der Waals surface area contributed by atoms with Gasteiger partial charge in [0.15, 0.2) is 5.82 Å². The Morgan fingerprint density at radius 2 is 1.72 bits per heavy atom. The Hall–Kier alpha value is -3.74. The number of carbonyl (C=O) groups excluding carboxylic acids is 1. The van der Waals surface area contributed by atoms with Gasteiger partial charge in [-0.15, -0.1) is 0 Å². The van der Waals surface area contributed by atoms with Crippen LogP contribution >= 0.6 is 0 Å². The molecule has 1 aliphatic rings. The predicted molar refractivity (Wildman–Crippen MR) is 120 cm³/mol. The van der Waals surface area contributed by atoms with Crippen LogP contribution in [0, 0.1) is 6.92 Å². The fraction of sp³-hybridized carbons (Fsp3) is 0.280. The molecule has 1 aliphatic heterocycles. The summed E-state index contributed by atoms with van der Waals surface area (Å²) < 4.78 is 7.20. The van der Waals surface area contributed by atoms with Crippen molar-refractivity contribution >= 4 is 5.91 Å². The summed E-state index contributed by atoms with van der Waals surface area (Å²) in [4.78, 5) is 19.8. The van der Waals surface area contributed by atoms with Crippen molar-refractivity contribution in [1.29, 1.82) is 0 Å². The normalized spacial score (nSPS) is 14.6. The maximum Gasteiger partial charge on any atom is 0.257 e. The first kappa shape index (κ1) is 20.2. The second-order valence-electron chi connectivity index (χ2n) is 8.19. The van der Waals surface area contributed by atoms with Gasteiger partial charge in [-0.1, -0.05) is 65.8 Å².